The highest BCUT2D eigenvalue weighted by Crippen LogP contribution is 2.12. The fourth-order valence-electron chi connectivity index (χ4n) is 2.46. The molecule has 2 aromatic rings. The molecule has 19 heavy (non-hydrogen) atoms. The maximum absolute atomic E-state index is 10.2. The summed E-state index contributed by atoms with van der Waals surface area (Å²) in [5.41, 5.74) is 4.55. The highest BCUT2D eigenvalue weighted by molar-refractivity contribution is 5.23. The lowest BCUT2D eigenvalue weighted by Crippen LogP contribution is -2.17. The summed E-state index contributed by atoms with van der Waals surface area (Å²) in [5.74, 6) is 0. The number of rotatable bonds is 5. The number of aliphatic hydroxyl groups is 1. The van der Waals surface area contributed by atoms with E-state index in [1.165, 1.54) is 11.1 Å². The van der Waals surface area contributed by atoms with E-state index in [1.807, 2.05) is 17.7 Å². The average molecular weight is 258 g/mol. The number of aryl methyl sites for hydroxylation is 3. The van der Waals surface area contributed by atoms with Gasteiger partial charge in [-0.1, -0.05) is 29.8 Å². The molecule has 0 amide bonds. The van der Waals surface area contributed by atoms with Crippen LogP contribution in [0.4, 0.5) is 0 Å². The van der Waals surface area contributed by atoms with Crippen molar-refractivity contribution in [2.45, 2.75) is 46.3 Å². The molecule has 2 rings (SSSR count). The number of aromatic nitrogens is 2. The normalized spacial score (nSPS) is 12.6. The molecule has 0 bridgehead atoms. The number of nitrogens with zero attached hydrogens (tertiary/aromatic N) is 2. The number of aliphatic hydroxyl groups excluding tert-OH is 1. The molecular weight excluding hydrogens is 236 g/mol. The summed E-state index contributed by atoms with van der Waals surface area (Å²) in [6, 6.07) is 10.4. The Hall–Kier alpha value is -1.61. The number of hydrogen-bond acceptors (Lipinski definition) is 2. The highest BCUT2D eigenvalue weighted by Gasteiger charge is 2.11. The first kappa shape index (κ1) is 13.8. The van der Waals surface area contributed by atoms with Gasteiger partial charge in [-0.2, -0.15) is 5.10 Å². The lowest BCUT2D eigenvalue weighted by Gasteiger charge is -2.12. The SMILES string of the molecule is CCn1nc(C)cc1CC(O)Cc1cccc(C)c1. The molecule has 0 aliphatic rings. The zero-order valence-electron chi connectivity index (χ0n) is 11.9. The van der Waals surface area contributed by atoms with E-state index in [9.17, 15) is 5.11 Å². The molecular formula is C16H22N2O. The van der Waals surface area contributed by atoms with Gasteiger partial charge < -0.3 is 5.11 Å². The first-order chi connectivity index (χ1) is 9.08. The minimum absolute atomic E-state index is 0.358. The standard InChI is InChI=1S/C16H22N2O/c1-4-18-15(9-13(3)17-18)11-16(19)10-14-7-5-6-12(2)8-14/h5-9,16,19H,4,10-11H2,1-3H3. The average Bonchev–Trinajstić information content (AvgIpc) is 2.69. The van der Waals surface area contributed by atoms with Crippen LogP contribution in [-0.4, -0.2) is 21.0 Å². The first-order valence-electron chi connectivity index (χ1n) is 6.85. The molecule has 0 aliphatic heterocycles. The van der Waals surface area contributed by atoms with Gasteiger partial charge in [0.2, 0.25) is 0 Å². The van der Waals surface area contributed by atoms with Crippen LogP contribution in [0.5, 0.6) is 0 Å². The third-order valence-corrected chi connectivity index (χ3v) is 3.28. The van der Waals surface area contributed by atoms with Gasteiger partial charge in [0.15, 0.2) is 0 Å². The van der Waals surface area contributed by atoms with Crippen LogP contribution in [0.25, 0.3) is 0 Å². The molecule has 1 heterocycles. The van der Waals surface area contributed by atoms with Gasteiger partial charge in [-0.05, 0) is 38.8 Å². The molecule has 1 unspecified atom stereocenters. The van der Waals surface area contributed by atoms with Gasteiger partial charge in [-0.3, -0.25) is 4.68 Å². The van der Waals surface area contributed by atoms with Crippen molar-refractivity contribution in [2.75, 3.05) is 0 Å². The summed E-state index contributed by atoms with van der Waals surface area (Å²) in [7, 11) is 0. The van der Waals surface area contributed by atoms with Crippen molar-refractivity contribution < 1.29 is 5.11 Å². The molecule has 0 aliphatic carbocycles. The first-order valence-corrected chi connectivity index (χ1v) is 6.85. The fourth-order valence-corrected chi connectivity index (χ4v) is 2.46. The van der Waals surface area contributed by atoms with Gasteiger partial charge in [0, 0.05) is 18.7 Å². The molecule has 0 spiro atoms. The van der Waals surface area contributed by atoms with Crippen molar-refractivity contribution in [3.05, 3.63) is 52.8 Å². The van der Waals surface area contributed by atoms with Crippen molar-refractivity contribution in [1.82, 2.24) is 9.78 Å². The third-order valence-electron chi connectivity index (χ3n) is 3.28. The molecule has 1 atom stereocenters. The van der Waals surface area contributed by atoms with Crippen molar-refractivity contribution in [3.63, 3.8) is 0 Å². The minimum Gasteiger partial charge on any atom is -0.392 e. The Balaban J connectivity index is 2.02. The van der Waals surface area contributed by atoms with Crippen molar-refractivity contribution in [2.24, 2.45) is 0 Å². The van der Waals surface area contributed by atoms with Crippen LogP contribution in [-0.2, 0) is 19.4 Å². The highest BCUT2D eigenvalue weighted by atomic mass is 16.3. The van der Waals surface area contributed by atoms with Crippen LogP contribution in [0.3, 0.4) is 0 Å². The number of hydrogen-bond donors (Lipinski definition) is 1. The second kappa shape index (κ2) is 6.02. The van der Waals surface area contributed by atoms with Gasteiger partial charge in [0.25, 0.3) is 0 Å². The van der Waals surface area contributed by atoms with Gasteiger partial charge >= 0.3 is 0 Å². The Morgan fingerprint density at radius 3 is 2.68 bits per heavy atom. The predicted octanol–water partition coefficient (Wildman–Crippen LogP) is 2.67. The second-order valence-electron chi connectivity index (χ2n) is 5.14. The zero-order chi connectivity index (χ0) is 13.8. The maximum Gasteiger partial charge on any atom is 0.0635 e. The molecule has 0 radical (unpaired) electrons. The predicted molar refractivity (Wildman–Crippen MR) is 77.2 cm³/mol. The van der Waals surface area contributed by atoms with E-state index in [0.29, 0.717) is 12.8 Å². The lowest BCUT2D eigenvalue weighted by molar-refractivity contribution is 0.172. The van der Waals surface area contributed by atoms with Crippen LogP contribution >= 0.6 is 0 Å². The molecule has 3 nitrogen and oxygen atoms in total. The van der Waals surface area contributed by atoms with E-state index in [-0.39, 0.29) is 6.10 Å². The molecule has 102 valence electrons. The van der Waals surface area contributed by atoms with Gasteiger partial charge in [-0.25, -0.2) is 0 Å². The Labute approximate surface area is 114 Å². The molecule has 0 saturated heterocycles. The molecule has 0 saturated carbocycles. The Bertz CT molecular complexity index is 545. The Kier molecular flexibility index (Phi) is 4.38. The summed E-state index contributed by atoms with van der Waals surface area (Å²) in [6.07, 6.45) is 0.987. The van der Waals surface area contributed by atoms with E-state index >= 15 is 0 Å². The van der Waals surface area contributed by atoms with E-state index < -0.39 is 0 Å². The summed E-state index contributed by atoms with van der Waals surface area (Å²) in [5, 5.41) is 14.6. The maximum atomic E-state index is 10.2. The molecule has 3 heteroatoms. The summed E-state index contributed by atoms with van der Waals surface area (Å²) in [6.45, 7) is 6.98. The van der Waals surface area contributed by atoms with Crippen LogP contribution in [0.2, 0.25) is 0 Å². The van der Waals surface area contributed by atoms with E-state index in [4.69, 9.17) is 0 Å². The molecule has 0 fully saturated rings. The second-order valence-corrected chi connectivity index (χ2v) is 5.14. The van der Waals surface area contributed by atoms with Gasteiger partial charge in [0.05, 0.1) is 11.8 Å². The van der Waals surface area contributed by atoms with Crippen molar-refractivity contribution in [1.29, 1.82) is 0 Å². The van der Waals surface area contributed by atoms with Crippen LogP contribution in [0.15, 0.2) is 30.3 Å². The van der Waals surface area contributed by atoms with Crippen molar-refractivity contribution in [3.8, 4) is 0 Å². The smallest absolute Gasteiger partial charge is 0.0635 e. The van der Waals surface area contributed by atoms with E-state index in [0.717, 1.165) is 17.9 Å². The molecule has 1 aromatic heterocycles. The monoisotopic (exact) mass is 258 g/mol. The van der Waals surface area contributed by atoms with Crippen LogP contribution in [0, 0.1) is 13.8 Å². The lowest BCUT2D eigenvalue weighted by atomic mass is 10.0. The minimum atomic E-state index is -0.358. The largest absolute Gasteiger partial charge is 0.392 e. The zero-order valence-corrected chi connectivity index (χ0v) is 11.9. The summed E-state index contributed by atoms with van der Waals surface area (Å²) in [4.78, 5) is 0. The topological polar surface area (TPSA) is 38.0 Å². The summed E-state index contributed by atoms with van der Waals surface area (Å²) >= 11 is 0. The van der Waals surface area contributed by atoms with Crippen LogP contribution in [0.1, 0.15) is 29.4 Å². The van der Waals surface area contributed by atoms with Crippen LogP contribution < -0.4 is 0 Å². The third kappa shape index (κ3) is 3.67. The summed E-state index contributed by atoms with van der Waals surface area (Å²) < 4.78 is 1.97. The quantitative estimate of drug-likeness (QED) is 0.895. The van der Waals surface area contributed by atoms with E-state index in [1.54, 1.807) is 0 Å². The molecule has 1 aromatic carbocycles. The Morgan fingerprint density at radius 1 is 1.21 bits per heavy atom. The van der Waals surface area contributed by atoms with Gasteiger partial charge in [-0.15, -0.1) is 0 Å². The van der Waals surface area contributed by atoms with Crippen molar-refractivity contribution >= 4 is 0 Å². The van der Waals surface area contributed by atoms with E-state index in [2.05, 4.69) is 43.2 Å². The molecule has 1 N–H and O–H groups in total. The van der Waals surface area contributed by atoms with Gasteiger partial charge in [0.1, 0.15) is 0 Å². The fraction of sp³-hybridized carbons (Fsp3) is 0.438. The number of benzene rings is 1. The Morgan fingerprint density at radius 2 is 2.00 bits per heavy atom.